The smallest absolute Gasteiger partial charge is 0.000462 e. The molecule has 0 unspecified atom stereocenters. The Balaban J connectivity index is 2.93. The molecule has 0 radical (unpaired) electrons. The molecule has 0 aromatic carbocycles. The van der Waals surface area contributed by atoms with Crippen molar-refractivity contribution in [1.29, 1.82) is 0 Å². The van der Waals surface area contributed by atoms with Crippen LogP contribution in [-0.2, 0) is 0 Å². The van der Waals surface area contributed by atoms with Crippen molar-refractivity contribution in [3.05, 3.63) is 12.2 Å². The first kappa shape index (κ1) is 13.2. The highest BCUT2D eigenvalue weighted by Crippen LogP contribution is 2.03. The highest BCUT2D eigenvalue weighted by molar-refractivity contribution is 14.1. The number of alkyl halides is 2. The van der Waals surface area contributed by atoms with E-state index in [4.69, 9.17) is 0 Å². The average molecular weight is 392 g/mol. The molecule has 0 aliphatic heterocycles. The van der Waals surface area contributed by atoms with Gasteiger partial charge in [0.2, 0.25) is 0 Å². The van der Waals surface area contributed by atoms with E-state index in [9.17, 15) is 0 Å². The van der Waals surface area contributed by atoms with E-state index in [2.05, 4.69) is 57.3 Å². The van der Waals surface area contributed by atoms with Crippen LogP contribution in [0.25, 0.3) is 0 Å². The van der Waals surface area contributed by atoms with Crippen molar-refractivity contribution in [3.63, 3.8) is 0 Å². The number of unbranched alkanes of at least 4 members (excludes halogenated alkanes) is 4. The molecule has 0 atom stereocenters. The minimum atomic E-state index is 1.28. The van der Waals surface area contributed by atoms with Gasteiger partial charge in [-0.05, 0) is 47.4 Å². The molecule has 12 heavy (non-hydrogen) atoms. The fourth-order valence-corrected chi connectivity index (χ4v) is 2.03. The molecule has 0 aromatic rings. The van der Waals surface area contributed by atoms with Crippen LogP contribution >= 0.6 is 45.2 Å². The summed E-state index contributed by atoms with van der Waals surface area (Å²) in [5.74, 6) is 0. The van der Waals surface area contributed by atoms with Crippen LogP contribution in [0.5, 0.6) is 0 Å². The third-order valence-corrected chi connectivity index (χ3v) is 3.20. The summed E-state index contributed by atoms with van der Waals surface area (Å²) in [4.78, 5) is 0. The quantitative estimate of drug-likeness (QED) is 0.242. The molecule has 0 nitrogen and oxygen atoms in total. The lowest BCUT2D eigenvalue weighted by Gasteiger charge is -1.92. The maximum atomic E-state index is 2.44. The fourth-order valence-electron chi connectivity index (χ4n) is 0.949. The molecule has 2 heteroatoms. The van der Waals surface area contributed by atoms with Crippen LogP contribution < -0.4 is 0 Å². The first-order valence-electron chi connectivity index (χ1n) is 4.68. The number of allylic oxidation sites excluding steroid dienone is 2. The number of rotatable bonds is 8. The van der Waals surface area contributed by atoms with Gasteiger partial charge in [-0.1, -0.05) is 57.3 Å². The van der Waals surface area contributed by atoms with Gasteiger partial charge in [-0.2, -0.15) is 0 Å². The van der Waals surface area contributed by atoms with Crippen LogP contribution in [0.2, 0.25) is 0 Å². The summed E-state index contributed by atoms with van der Waals surface area (Å²) in [6.45, 7) is 0. The predicted molar refractivity (Wildman–Crippen MR) is 74.6 cm³/mol. The predicted octanol–water partition coefficient (Wildman–Crippen LogP) is 4.75. The van der Waals surface area contributed by atoms with Crippen molar-refractivity contribution >= 4 is 45.2 Å². The van der Waals surface area contributed by atoms with Gasteiger partial charge in [0.05, 0.1) is 0 Å². The monoisotopic (exact) mass is 392 g/mol. The second kappa shape index (κ2) is 12.2. The molecule has 0 saturated carbocycles. The summed E-state index contributed by atoms with van der Waals surface area (Å²) < 4.78 is 2.61. The van der Waals surface area contributed by atoms with Gasteiger partial charge >= 0.3 is 0 Å². The van der Waals surface area contributed by atoms with E-state index in [1.165, 1.54) is 47.4 Å². The van der Waals surface area contributed by atoms with Crippen molar-refractivity contribution < 1.29 is 0 Å². The van der Waals surface area contributed by atoms with E-state index < -0.39 is 0 Å². The molecule has 0 bridgehead atoms. The molecule has 0 aliphatic carbocycles. The molecule has 0 rings (SSSR count). The Kier molecular flexibility index (Phi) is 13.4. The van der Waals surface area contributed by atoms with Crippen molar-refractivity contribution in [2.24, 2.45) is 0 Å². The Morgan fingerprint density at radius 2 is 1.08 bits per heavy atom. The first-order valence-corrected chi connectivity index (χ1v) is 7.74. The van der Waals surface area contributed by atoms with Gasteiger partial charge in [0.15, 0.2) is 0 Å². The Hall–Kier alpha value is 1.20. The van der Waals surface area contributed by atoms with E-state index in [0.29, 0.717) is 0 Å². The van der Waals surface area contributed by atoms with Crippen molar-refractivity contribution in [2.45, 2.75) is 38.5 Å². The van der Waals surface area contributed by atoms with Crippen LogP contribution in [0.3, 0.4) is 0 Å². The topological polar surface area (TPSA) is 0 Å². The second-order valence-electron chi connectivity index (χ2n) is 2.84. The summed E-state index contributed by atoms with van der Waals surface area (Å²) in [5.41, 5.74) is 0. The van der Waals surface area contributed by atoms with Crippen LogP contribution in [0.1, 0.15) is 38.5 Å². The van der Waals surface area contributed by atoms with E-state index >= 15 is 0 Å². The number of hydrogen-bond acceptors (Lipinski definition) is 0. The lowest BCUT2D eigenvalue weighted by Crippen LogP contribution is -1.75. The standard InChI is InChI=1S/C10H18I2/c11-9-7-5-3-1-2-4-6-8-10-12/h1-2H,3-10H2. The lowest BCUT2D eigenvalue weighted by molar-refractivity contribution is 0.807. The van der Waals surface area contributed by atoms with Crippen LogP contribution in [0.15, 0.2) is 12.2 Å². The zero-order valence-electron chi connectivity index (χ0n) is 7.57. The Bertz CT molecular complexity index is 88.0. The summed E-state index contributed by atoms with van der Waals surface area (Å²) in [6.07, 6.45) is 12.7. The largest absolute Gasteiger partial charge is 0.0885 e. The maximum Gasteiger partial charge on any atom is -0.000462 e. The van der Waals surface area contributed by atoms with Gasteiger partial charge in [-0.15, -0.1) is 0 Å². The van der Waals surface area contributed by atoms with E-state index in [-0.39, 0.29) is 0 Å². The molecule has 0 amide bonds. The van der Waals surface area contributed by atoms with Gasteiger partial charge in [0.1, 0.15) is 0 Å². The minimum Gasteiger partial charge on any atom is -0.0885 e. The molecule has 72 valence electrons. The number of hydrogen-bond donors (Lipinski definition) is 0. The van der Waals surface area contributed by atoms with Crippen molar-refractivity contribution in [2.75, 3.05) is 8.86 Å². The molecule has 0 spiro atoms. The van der Waals surface area contributed by atoms with Crippen LogP contribution in [-0.4, -0.2) is 8.86 Å². The summed E-state index contributed by atoms with van der Waals surface area (Å²) in [5, 5.41) is 0. The number of halogens is 2. The first-order chi connectivity index (χ1) is 5.91. The molecule has 0 heterocycles. The molecule has 0 fully saturated rings. The fraction of sp³-hybridized carbons (Fsp3) is 0.800. The van der Waals surface area contributed by atoms with Gasteiger partial charge in [-0.3, -0.25) is 0 Å². The van der Waals surface area contributed by atoms with Crippen LogP contribution in [0, 0.1) is 0 Å². The summed E-state index contributed by atoms with van der Waals surface area (Å²) >= 11 is 4.88. The zero-order valence-corrected chi connectivity index (χ0v) is 11.9. The Morgan fingerprint density at radius 1 is 0.667 bits per heavy atom. The van der Waals surface area contributed by atoms with Gasteiger partial charge in [-0.25, -0.2) is 0 Å². The molecule has 0 saturated heterocycles. The molecule has 0 N–H and O–H groups in total. The van der Waals surface area contributed by atoms with Gasteiger partial charge < -0.3 is 0 Å². The van der Waals surface area contributed by atoms with E-state index in [1.54, 1.807) is 0 Å². The van der Waals surface area contributed by atoms with Crippen molar-refractivity contribution in [3.8, 4) is 0 Å². The second-order valence-corrected chi connectivity index (χ2v) is 5.00. The van der Waals surface area contributed by atoms with Gasteiger partial charge in [0.25, 0.3) is 0 Å². The third-order valence-electron chi connectivity index (χ3n) is 1.68. The molecular formula is C10H18I2. The molecule has 0 aromatic heterocycles. The van der Waals surface area contributed by atoms with E-state index in [1.807, 2.05) is 0 Å². The zero-order chi connectivity index (χ0) is 9.07. The SMILES string of the molecule is ICCCCC=CCCCCI. The maximum absolute atomic E-state index is 2.44. The summed E-state index contributed by atoms with van der Waals surface area (Å²) in [6, 6.07) is 0. The molecule has 0 aliphatic rings. The highest BCUT2D eigenvalue weighted by atomic mass is 127. The Labute approximate surface area is 104 Å². The Morgan fingerprint density at radius 3 is 1.42 bits per heavy atom. The normalized spacial score (nSPS) is 11.2. The lowest BCUT2D eigenvalue weighted by atomic mass is 10.2. The van der Waals surface area contributed by atoms with Crippen molar-refractivity contribution in [1.82, 2.24) is 0 Å². The average Bonchev–Trinajstić information content (AvgIpc) is 2.10. The minimum absolute atomic E-state index is 1.28. The van der Waals surface area contributed by atoms with Gasteiger partial charge in [0, 0.05) is 0 Å². The molecular weight excluding hydrogens is 374 g/mol. The van der Waals surface area contributed by atoms with E-state index in [0.717, 1.165) is 0 Å². The van der Waals surface area contributed by atoms with Crippen LogP contribution in [0.4, 0.5) is 0 Å². The summed E-state index contributed by atoms with van der Waals surface area (Å²) in [7, 11) is 0. The highest BCUT2D eigenvalue weighted by Gasteiger charge is 1.83. The third kappa shape index (κ3) is 11.2.